The molecule has 1 fully saturated rings. The average molecular weight is 416 g/mol. The summed E-state index contributed by atoms with van der Waals surface area (Å²) in [4.78, 5) is 20.6. The minimum atomic E-state index is 0.261. The lowest BCUT2D eigenvalue weighted by atomic mass is 10.1. The SMILES string of the molecule is CCNC(=NCc1ccc(CN2CCCC2=O)cc1)N(C)Cc1cc(Cl)cn1C. The molecule has 1 aromatic carbocycles. The van der Waals surface area contributed by atoms with E-state index in [2.05, 4.69) is 41.4 Å². The van der Waals surface area contributed by atoms with Gasteiger partial charge in [0.25, 0.3) is 0 Å². The van der Waals surface area contributed by atoms with Crippen LogP contribution in [-0.4, -0.2) is 46.4 Å². The highest BCUT2D eigenvalue weighted by atomic mass is 35.5. The number of aromatic nitrogens is 1. The number of nitrogens with zero attached hydrogens (tertiary/aromatic N) is 4. The molecule has 156 valence electrons. The van der Waals surface area contributed by atoms with E-state index in [1.807, 2.05) is 35.8 Å². The number of aliphatic imine (C=N–C) groups is 1. The van der Waals surface area contributed by atoms with Crippen LogP contribution >= 0.6 is 11.6 Å². The molecular weight excluding hydrogens is 386 g/mol. The van der Waals surface area contributed by atoms with Crippen molar-refractivity contribution in [1.29, 1.82) is 0 Å². The molecule has 0 unspecified atom stereocenters. The number of rotatable bonds is 7. The third-order valence-corrected chi connectivity index (χ3v) is 5.36. The third-order valence-electron chi connectivity index (χ3n) is 5.15. The van der Waals surface area contributed by atoms with Gasteiger partial charge in [0, 0.05) is 52.0 Å². The molecule has 0 spiro atoms. The van der Waals surface area contributed by atoms with Gasteiger partial charge in [-0.3, -0.25) is 4.79 Å². The molecule has 0 radical (unpaired) electrons. The Labute approximate surface area is 178 Å². The molecule has 3 rings (SSSR count). The Morgan fingerprint density at radius 1 is 1.28 bits per heavy atom. The van der Waals surface area contributed by atoms with Gasteiger partial charge in [-0.25, -0.2) is 4.99 Å². The number of halogens is 1. The molecule has 1 aromatic heterocycles. The zero-order valence-corrected chi connectivity index (χ0v) is 18.2. The molecule has 1 amide bonds. The molecule has 0 atom stereocenters. The standard InChI is InChI=1S/C22H30ClN5O/c1-4-24-22(27(3)16-20-12-19(23)15-26(20)2)25-13-17-7-9-18(10-8-17)14-28-11-5-6-21(28)29/h7-10,12,15H,4-6,11,13-14,16H2,1-3H3,(H,24,25). The lowest BCUT2D eigenvalue weighted by Crippen LogP contribution is -2.38. The van der Waals surface area contributed by atoms with Gasteiger partial charge in [-0.2, -0.15) is 0 Å². The molecular formula is C22H30ClN5O. The van der Waals surface area contributed by atoms with Crippen LogP contribution in [0.15, 0.2) is 41.5 Å². The van der Waals surface area contributed by atoms with Crippen molar-refractivity contribution in [2.24, 2.45) is 12.0 Å². The number of carbonyl (C=O) groups is 1. The summed E-state index contributed by atoms with van der Waals surface area (Å²) in [7, 11) is 4.02. The molecule has 1 aliphatic heterocycles. The van der Waals surface area contributed by atoms with Crippen LogP contribution in [0.25, 0.3) is 0 Å². The number of amides is 1. The van der Waals surface area contributed by atoms with Gasteiger partial charge in [-0.05, 0) is 30.5 Å². The Hall–Kier alpha value is -2.47. The van der Waals surface area contributed by atoms with E-state index in [-0.39, 0.29) is 5.91 Å². The monoisotopic (exact) mass is 415 g/mol. The van der Waals surface area contributed by atoms with E-state index in [0.29, 0.717) is 19.5 Å². The van der Waals surface area contributed by atoms with Gasteiger partial charge in [0.1, 0.15) is 0 Å². The van der Waals surface area contributed by atoms with Crippen LogP contribution in [0.3, 0.4) is 0 Å². The smallest absolute Gasteiger partial charge is 0.222 e. The lowest BCUT2D eigenvalue weighted by molar-refractivity contribution is -0.128. The van der Waals surface area contributed by atoms with Gasteiger partial charge in [0.15, 0.2) is 5.96 Å². The van der Waals surface area contributed by atoms with Crippen molar-refractivity contribution < 1.29 is 4.79 Å². The topological polar surface area (TPSA) is 52.9 Å². The van der Waals surface area contributed by atoms with Gasteiger partial charge < -0.3 is 19.7 Å². The number of aryl methyl sites for hydroxylation is 1. The summed E-state index contributed by atoms with van der Waals surface area (Å²) in [6.07, 6.45) is 3.57. The number of nitrogens with one attached hydrogen (secondary N) is 1. The van der Waals surface area contributed by atoms with Gasteiger partial charge in [0.2, 0.25) is 5.91 Å². The first-order valence-corrected chi connectivity index (χ1v) is 10.5. The Morgan fingerprint density at radius 3 is 2.59 bits per heavy atom. The highest BCUT2D eigenvalue weighted by Crippen LogP contribution is 2.16. The summed E-state index contributed by atoms with van der Waals surface area (Å²) in [6.45, 7) is 5.76. The number of benzene rings is 1. The number of hydrogen-bond donors (Lipinski definition) is 1. The van der Waals surface area contributed by atoms with Crippen molar-refractivity contribution in [2.75, 3.05) is 20.1 Å². The summed E-state index contributed by atoms with van der Waals surface area (Å²) in [5.74, 6) is 1.12. The Kier molecular flexibility index (Phi) is 7.20. The van der Waals surface area contributed by atoms with Crippen LogP contribution in [0.2, 0.25) is 5.02 Å². The second kappa shape index (κ2) is 9.83. The van der Waals surface area contributed by atoms with Crippen molar-refractivity contribution in [3.05, 3.63) is 58.4 Å². The highest BCUT2D eigenvalue weighted by molar-refractivity contribution is 6.30. The largest absolute Gasteiger partial charge is 0.357 e. The van der Waals surface area contributed by atoms with Crippen molar-refractivity contribution in [1.82, 2.24) is 19.7 Å². The fourth-order valence-electron chi connectivity index (χ4n) is 3.52. The predicted octanol–water partition coefficient (Wildman–Crippen LogP) is 3.40. The van der Waals surface area contributed by atoms with E-state index in [4.69, 9.17) is 16.6 Å². The van der Waals surface area contributed by atoms with Crippen molar-refractivity contribution in [3.8, 4) is 0 Å². The van der Waals surface area contributed by atoms with Crippen LogP contribution < -0.4 is 5.32 Å². The molecule has 29 heavy (non-hydrogen) atoms. The van der Waals surface area contributed by atoms with E-state index in [1.54, 1.807) is 0 Å². The van der Waals surface area contributed by atoms with Crippen LogP contribution in [-0.2, 0) is 31.5 Å². The summed E-state index contributed by atoms with van der Waals surface area (Å²) < 4.78 is 2.03. The van der Waals surface area contributed by atoms with E-state index in [1.165, 1.54) is 0 Å². The lowest BCUT2D eigenvalue weighted by Gasteiger charge is -2.22. The number of likely N-dealkylation sites (tertiary alicyclic amines) is 1. The first-order chi connectivity index (χ1) is 14.0. The van der Waals surface area contributed by atoms with Gasteiger partial charge in [0.05, 0.1) is 18.1 Å². The number of carbonyl (C=O) groups excluding carboxylic acids is 1. The fourth-order valence-corrected chi connectivity index (χ4v) is 3.79. The minimum Gasteiger partial charge on any atom is -0.357 e. The molecule has 0 saturated carbocycles. The van der Waals surface area contributed by atoms with Gasteiger partial charge in [-0.15, -0.1) is 0 Å². The normalized spacial score (nSPS) is 14.6. The van der Waals surface area contributed by atoms with Crippen molar-refractivity contribution in [2.45, 2.75) is 39.4 Å². The van der Waals surface area contributed by atoms with E-state index in [0.717, 1.165) is 53.9 Å². The maximum Gasteiger partial charge on any atom is 0.222 e. The first-order valence-electron chi connectivity index (χ1n) is 10.1. The third kappa shape index (κ3) is 5.76. The predicted molar refractivity (Wildman–Crippen MR) is 118 cm³/mol. The fraction of sp³-hybridized carbons (Fsp3) is 0.455. The maximum absolute atomic E-state index is 11.8. The average Bonchev–Trinajstić information content (AvgIpc) is 3.24. The molecule has 0 bridgehead atoms. The first kappa shape index (κ1) is 21.2. The molecule has 1 aliphatic rings. The molecule has 1 saturated heterocycles. The zero-order valence-electron chi connectivity index (χ0n) is 17.5. The Balaban J connectivity index is 1.61. The highest BCUT2D eigenvalue weighted by Gasteiger charge is 2.19. The number of guanidine groups is 1. The molecule has 6 nitrogen and oxygen atoms in total. The van der Waals surface area contributed by atoms with Crippen molar-refractivity contribution in [3.63, 3.8) is 0 Å². The molecule has 2 heterocycles. The van der Waals surface area contributed by atoms with Crippen LogP contribution in [0.5, 0.6) is 0 Å². The Morgan fingerprint density at radius 2 is 2.00 bits per heavy atom. The molecule has 7 heteroatoms. The van der Waals surface area contributed by atoms with Gasteiger partial charge >= 0.3 is 0 Å². The van der Waals surface area contributed by atoms with Gasteiger partial charge in [-0.1, -0.05) is 35.9 Å². The molecule has 1 N–H and O–H groups in total. The summed E-state index contributed by atoms with van der Waals surface area (Å²) >= 11 is 6.10. The Bertz CT molecular complexity index is 859. The van der Waals surface area contributed by atoms with Crippen LogP contribution in [0, 0.1) is 0 Å². The zero-order chi connectivity index (χ0) is 20.8. The number of hydrogen-bond acceptors (Lipinski definition) is 2. The van der Waals surface area contributed by atoms with Crippen molar-refractivity contribution >= 4 is 23.5 Å². The minimum absolute atomic E-state index is 0.261. The quantitative estimate of drug-likeness (QED) is 0.557. The van der Waals surface area contributed by atoms with E-state index < -0.39 is 0 Å². The van der Waals surface area contributed by atoms with Crippen LogP contribution in [0.4, 0.5) is 0 Å². The van der Waals surface area contributed by atoms with E-state index >= 15 is 0 Å². The summed E-state index contributed by atoms with van der Waals surface area (Å²) in [6, 6.07) is 10.4. The summed E-state index contributed by atoms with van der Waals surface area (Å²) in [5.41, 5.74) is 3.44. The molecule has 0 aliphatic carbocycles. The second-order valence-electron chi connectivity index (χ2n) is 7.52. The summed E-state index contributed by atoms with van der Waals surface area (Å²) in [5, 5.41) is 4.10. The molecule has 2 aromatic rings. The van der Waals surface area contributed by atoms with Crippen LogP contribution in [0.1, 0.15) is 36.6 Å². The van der Waals surface area contributed by atoms with E-state index in [9.17, 15) is 4.79 Å². The second-order valence-corrected chi connectivity index (χ2v) is 7.96. The maximum atomic E-state index is 11.8.